The summed E-state index contributed by atoms with van der Waals surface area (Å²) < 4.78 is 18.4. The van der Waals surface area contributed by atoms with Crippen molar-refractivity contribution in [2.45, 2.75) is 19.6 Å². The molecule has 0 radical (unpaired) electrons. The van der Waals surface area contributed by atoms with E-state index in [1.165, 1.54) is 30.1 Å². The topological polar surface area (TPSA) is 79.1 Å². The fourth-order valence-electron chi connectivity index (χ4n) is 4.51. The lowest BCUT2D eigenvalue weighted by Gasteiger charge is -2.25. The highest BCUT2D eigenvalue weighted by atomic mass is 35.5. The molecular formula is C30H23Cl3N2O5S. The molecule has 1 atom stereocenters. The summed E-state index contributed by atoms with van der Waals surface area (Å²) in [4.78, 5) is 31.8. The van der Waals surface area contributed by atoms with Gasteiger partial charge in [-0.1, -0.05) is 64.3 Å². The molecule has 11 heteroatoms. The standard InChI is InChI=1S/C30H23Cl3N2O5S/c1-16-26(29(37)39-3)27(21-14-19(31)7-11-24(21)38-2)35-28(36)25(41-30(35)34-16)13-17-4-8-20(9-5-17)40-15-18-6-10-22(32)23(33)12-18/h4-14,27H,15H2,1-3H3/b25-13-/t27-/m0/s1. The van der Waals surface area contributed by atoms with Crippen molar-refractivity contribution in [3.8, 4) is 11.5 Å². The summed E-state index contributed by atoms with van der Waals surface area (Å²) in [7, 11) is 2.81. The van der Waals surface area contributed by atoms with E-state index in [9.17, 15) is 9.59 Å². The normalized spacial score (nSPS) is 14.9. The molecule has 0 N–H and O–H groups in total. The number of halogens is 3. The molecule has 1 aliphatic rings. The number of ether oxygens (including phenoxy) is 3. The number of carbonyl (C=O) groups excluding carboxylic acids is 1. The van der Waals surface area contributed by atoms with Crippen LogP contribution >= 0.6 is 46.1 Å². The zero-order valence-corrected chi connectivity index (χ0v) is 25.2. The summed E-state index contributed by atoms with van der Waals surface area (Å²) in [6.07, 6.45) is 1.77. The Morgan fingerprint density at radius 2 is 1.78 bits per heavy atom. The van der Waals surface area contributed by atoms with Crippen molar-refractivity contribution in [3.63, 3.8) is 0 Å². The number of carbonyl (C=O) groups is 1. The highest BCUT2D eigenvalue weighted by Gasteiger charge is 2.35. The molecule has 0 spiro atoms. The quantitative estimate of drug-likeness (QED) is 0.236. The molecule has 5 rings (SSSR count). The number of nitrogens with zero attached hydrogens (tertiary/aromatic N) is 2. The van der Waals surface area contributed by atoms with Crippen LogP contribution in [0.4, 0.5) is 0 Å². The van der Waals surface area contributed by atoms with E-state index in [-0.39, 0.29) is 11.1 Å². The van der Waals surface area contributed by atoms with Crippen molar-refractivity contribution in [1.82, 2.24) is 4.57 Å². The monoisotopic (exact) mass is 628 g/mol. The Labute approximate surface area is 254 Å². The summed E-state index contributed by atoms with van der Waals surface area (Å²) in [6.45, 7) is 2.04. The molecule has 1 aromatic heterocycles. The number of hydrogen-bond acceptors (Lipinski definition) is 7. The van der Waals surface area contributed by atoms with Crippen molar-refractivity contribution >= 4 is 58.2 Å². The Bertz CT molecular complexity index is 1860. The minimum atomic E-state index is -0.841. The van der Waals surface area contributed by atoms with Crippen LogP contribution in [0.25, 0.3) is 6.08 Å². The maximum atomic E-state index is 13.8. The van der Waals surface area contributed by atoms with Gasteiger partial charge in [0.15, 0.2) is 4.80 Å². The first-order valence-electron chi connectivity index (χ1n) is 12.3. The Kier molecular flexibility index (Phi) is 8.56. The molecular weight excluding hydrogens is 607 g/mol. The third-order valence-corrected chi connectivity index (χ3v) is 8.44. The Hall–Kier alpha value is -3.56. The van der Waals surface area contributed by atoms with Crippen LogP contribution in [0, 0.1) is 0 Å². The minimum Gasteiger partial charge on any atom is -0.496 e. The molecule has 0 fully saturated rings. The molecule has 0 saturated carbocycles. The Morgan fingerprint density at radius 3 is 2.46 bits per heavy atom. The molecule has 4 aromatic rings. The molecule has 0 bridgehead atoms. The third kappa shape index (κ3) is 5.92. The zero-order chi connectivity index (χ0) is 29.3. The van der Waals surface area contributed by atoms with E-state index in [4.69, 9.17) is 49.0 Å². The molecule has 41 heavy (non-hydrogen) atoms. The van der Waals surface area contributed by atoms with Gasteiger partial charge in [-0.3, -0.25) is 9.36 Å². The number of allylic oxidation sites excluding steroid dienone is 1. The number of esters is 1. The molecule has 0 unspecified atom stereocenters. The van der Waals surface area contributed by atoms with Crippen molar-refractivity contribution in [3.05, 3.63) is 123 Å². The lowest BCUT2D eigenvalue weighted by atomic mass is 9.95. The van der Waals surface area contributed by atoms with E-state index in [0.29, 0.717) is 53.8 Å². The highest BCUT2D eigenvalue weighted by molar-refractivity contribution is 7.07. The van der Waals surface area contributed by atoms with Crippen molar-refractivity contribution < 1.29 is 19.0 Å². The third-order valence-electron chi connectivity index (χ3n) is 6.48. The van der Waals surface area contributed by atoms with Crippen LogP contribution in [0.2, 0.25) is 15.1 Å². The fourth-order valence-corrected chi connectivity index (χ4v) is 6.06. The SMILES string of the molecule is COC(=O)C1=C(C)N=c2s/c(=C\c3ccc(OCc4ccc(Cl)c(Cl)c4)cc3)c(=O)n2[C@H]1c1cc(Cl)ccc1OC. The lowest BCUT2D eigenvalue weighted by Crippen LogP contribution is -2.40. The van der Waals surface area contributed by atoms with Crippen molar-refractivity contribution in [2.24, 2.45) is 4.99 Å². The maximum absolute atomic E-state index is 13.8. The number of thiazole rings is 1. The number of rotatable bonds is 7. The van der Waals surface area contributed by atoms with E-state index < -0.39 is 12.0 Å². The first-order chi connectivity index (χ1) is 19.7. The maximum Gasteiger partial charge on any atom is 0.338 e. The van der Waals surface area contributed by atoms with Crippen LogP contribution in [-0.4, -0.2) is 24.8 Å². The van der Waals surface area contributed by atoms with Gasteiger partial charge < -0.3 is 14.2 Å². The van der Waals surface area contributed by atoms with Gasteiger partial charge in [-0.2, -0.15) is 0 Å². The molecule has 1 aliphatic heterocycles. The predicted octanol–water partition coefficient (Wildman–Crippen LogP) is 5.96. The number of methoxy groups -OCH3 is 2. The van der Waals surface area contributed by atoms with Gasteiger partial charge >= 0.3 is 5.97 Å². The average molecular weight is 630 g/mol. The first kappa shape index (κ1) is 29.0. The molecule has 7 nitrogen and oxygen atoms in total. The molecule has 210 valence electrons. The van der Waals surface area contributed by atoms with E-state index in [2.05, 4.69) is 4.99 Å². The van der Waals surface area contributed by atoms with Crippen LogP contribution in [0.1, 0.15) is 29.7 Å². The van der Waals surface area contributed by atoms with E-state index in [1.807, 2.05) is 30.3 Å². The van der Waals surface area contributed by atoms with Gasteiger partial charge in [0.05, 0.1) is 40.1 Å². The fraction of sp³-hybridized carbons (Fsp3) is 0.167. The van der Waals surface area contributed by atoms with Gasteiger partial charge in [0.2, 0.25) is 0 Å². The average Bonchev–Trinajstić information content (AvgIpc) is 3.27. The highest BCUT2D eigenvalue weighted by Crippen LogP contribution is 2.37. The Morgan fingerprint density at radius 1 is 1.02 bits per heavy atom. The first-order valence-corrected chi connectivity index (χ1v) is 14.3. The van der Waals surface area contributed by atoms with Crippen LogP contribution in [0.3, 0.4) is 0 Å². The number of aromatic nitrogens is 1. The van der Waals surface area contributed by atoms with Crippen LogP contribution in [0.15, 0.2) is 81.7 Å². The van der Waals surface area contributed by atoms with Crippen molar-refractivity contribution in [1.29, 1.82) is 0 Å². The van der Waals surface area contributed by atoms with E-state index in [1.54, 1.807) is 43.3 Å². The van der Waals surface area contributed by atoms with Gasteiger partial charge in [0.25, 0.3) is 5.56 Å². The van der Waals surface area contributed by atoms with Crippen molar-refractivity contribution in [2.75, 3.05) is 14.2 Å². The summed E-state index contributed by atoms with van der Waals surface area (Å²) in [5.74, 6) is 0.534. The van der Waals surface area contributed by atoms with Crippen LogP contribution in [-0.2, 0) is 16.1 Å². The van der Waals surface area contributed by atoms with Gasteiger partial charge in [-0.15, -0.1) is 0 Å². The summed E-state index contributed by atoms with van der Waals surface area (Å²) in [5.41, 5.74) is 2.59. The number of benzene rings is 3. The van der Waals surface area contributed by atoms with E-state index >= 15 is 0 Å². The van der Waals surface area contributed by atoms with Crippen LogP contribution in [0.5, 0.6) is 11.5 Å². The van der Waals surface area contributed by atoms with Gasteiger partial charge in [-0.25, -0.2) is 9.79 Å². The lowest BCUT2D eigenvalue weighted by molar-refractivity contribution is -0.136. The molecule has 3 aromatic carbocycles. The summed E-state index contributed by atoms with van der Waals surface area (Å²) in [6, 6.07) is 16.9. The zero-order valence-electron chi connectivity index (χ0n) is 22.1. The minimum absolute atomic E-state index is 0.232. The largest absolute Gasteiger partial charge is 0.496 e. The molecule has 0 aliphatic carbocycles. The Balaban J connectivity index is 1.51. The second-order valence-corrected chi connectivity index (χ2v) is 11.3. The predicted molar refractivity (Wildman–Crippen MR) is 161 cm³/mol. The summed E-state index contributed by atoms with van der Waals surface area (Å²) >= 11 is 19.6. The van der Waals surface area contributed by atoms with Gasteiger partial charge in [0.1, 0.15) is 24.1 Å². The van der Waals surface area contributed by atoms with Gasteiger partial charge in [-0.05, 0) is 66.6 Å². The van der Waals surface area contributed by atoms with E-state index in [0.717, 1.165) is 11.1 Å². The van der Waals surface area contributed by atoms with Gasteiger partial charge in [0, 0.05) is 10.6 Å². The number of hydrogen-bond donors (Lipinski definition) is 0. The molecule has 0 amide bonds. The smallest absolute Gasteiger partial charge is 0.338 e. The molecule has 0 saturated heterocycles. The second-order valence-electron chi connectivity index (χ2n) is 9.07. The number of fused-ring (bicyclic) bond motifs is 1. The van der Waals surface area contributed by atoms with Crippen LogP contribution < -0.4 is 24.4 Å². The molecule has 2 heterocycles. The second kappa shape index (κ2) is 12.1. The summed E-state index contributed by atoms with van der Waals surface area (Å²) in [5, 5.41) is 1.39.